The maximum atomic E-state index is 12.8. The quantitative estimate of drug-likeness (QED) is 0.468. The van der Waals surface area contributed by atoms with Crippen LogP contribution in [0.2, 0.25) is 5.02 Å². The van der Waals surface area contributed by atoms with E-state index in [1.165, 1.54) is 29.3 Å². The molecule has 0 saturated carbocycles. The number of non-ortho nitro benzene ring substituents is 1. The van der Waals surface area contributed by atoms with Crippen LogP contribution in [0.1, 0.15) is 0 Å². The zero-order valence-corrected chi connectivity index (χ0v) is 13.8. The van der Waals surface area contributed by atoms with Crippen molar-refractivity contribution >= 4 is 40.5 Å². The predicted octanol–water partition coefficient (Wildman–Crippen LogP) is 2.75. The number of halogens is 1. The third-order valence-electron chi connectivity index (χ3n) is 4.19. The lowest BCUT2D eigenvalue weighted by atomic mass is 10.1. The maximum Gasteiger partial charge on any atom is 0.269 e. The van der Waals surface area contributed by atoms with Crippen LogP contribution in [0.15, 0.2) is 58.9 Å². The van der Waals surface area contributed by atoms with Crippen LogP contribution < -0.4 is 9.91 Å². The molecule has 2 aliphatic heterocycles. The summed E-state index contributed by atoms with van der Waals surface area (Å²) >= 11 is 5.85. The molecule has 2 aliphatic rings. The van der Waals surface area contributed by atoms with Gasteiger partial charge in [0, 0.05) is 17.2 Å². The molecule has 2 heterocycles. The first-order chi connectivity index (χ1) is 12.5. The van der Waals surface area contributed by atoms with Gasteiger partial charge in [-0.2, -0.15) is 5.11 Å². The third kappa shape index (κ3) is 2.40. The Kier molecular flexibility index (Phi) is 3.66. The molecule has 0 aliphatic carbocycles. The van der Waals surface area contributed by atoms with E-state index in [-0.39, 0.29) is 5.69 Å². The van der Waals surface area contributed by atoms with Gasteiger partial charge in [0.2, 0.25) is 0 Å². The van der Waals surface area contributed by atoms with E-state index < -0.39 is 28.8 Å². The van der Waals surface area contributed by atoms with Gasteiger partial charge in [-0.25, -0.2) is 9.91 Å². The topological polar surface area (TPSA) is 108 Å². The molecule has 0 aromatic heterocycles. The molecule has 2 aromatic carbocycles. The Morgan fingerprint density at radius 3 is 2.19 bits per heavy atom. The van der Waals surface area contributed by atoms with Gasteiger partial charge in [0.25, 0.3) is 17.5 Å². The lowest BCUT2D eigenvalue weighted by Gasteiger charge is -2.20. The van der Waals surface area contributed by atoms with Gasteiger partial charge in [-0.15, -0.1) is 0 Å². The molecule has 2 atom stereocenters. The van der Waals surface area contributed by atoms with Crippen molar-refractivity contribution < 1.29 is 14.5 Å². The first-order valence-corrected chi connectivity index (χ1v) is 7.93. The van der Waals surface area contributed by atoms with Crippen molar-refractivity contribution in [2.24, 2.45) is 10.3 Å². The Labute approximate surface area is 151 Å². The number of benzene rings is 2. The summed E-state index contributed by atoms with van der Waals surface area (Å²) in [6.07, 6.45) is 0. The molecule has 2 aromatic rings. The molecule has 2 amide bonds. The summed E-state index contributed by atoms with van der Waals surface area (Å²) in [5, 5.41) is 20.4. The van der Waals surface area contributed by atoms with Gasteiger partial charge < -0.3 is 0 Å². The van der Waals surface area contributed by atoms with Crippen molar-refractivity contribution in [1.82, 2.24) is 0 Å². The van der Waals surface area contributed by atoms with Crippen molar-refractivity contribution in [3.63, 3.8) is 0 Å². The highest BCUT2D eigenvalue weighted by molar-refractivity contribution is 6.31. The number of anilines is 2. The summed E-state index contributed by atoms with van der Waals surface area (Å²) in [4.78, 5) is 36.8. The van der Waals surface area contributed by atoms with Crippen LogP contribution in [0.5, 0.6) is 0 Å². The minimum atomic E-state index is -0.951. The zero-order valence-electron chi connectivity index (χ0n) is 13.0. The molecule has 130 valence electrons. The van der Waals surface area contributed by atoms with Gasteiger partial charge in [-0.05, 0) is 36.4 Å². The highest BCUT2D eigenvalue weighted by Crippen LogP contribution is 2.35. The van der Waals surface area contributed by atoms with E-state index in [1.54, 1.807) is 24.3 Å². The Morgan fingerprint density at radius 1 is 0.962 bits per heavy atom. The fourth-order valence-electron chi connectivity index (χ4n) is 2.95. The first kappa shape index (κ1) is 16.2. The van der Waals surface area contributed by atoms with Crippen molar-refractivity contribution in [2.45, 2.75) is 12.1 Å². The second kappa shape index (κ2) is 5.88. The molecule has 1 saturated heterocycles. The third-order valence-corrected chi connectivity index (χ3v) is 4.44. The van der Waals surface area contributed by atoms with Crippen LogP contribution in [-0.2, 0) is 9.59 Å². The minimum absolute atomic E-state index is 0.0851. The Bertz CT molecular complexity index is 944. The normalized spacial score (nSPS) is 21.4. The van der Waals surface area contributed by atoms with E-state index in [2.05, 4.69) is 10.3 Å². The monoisotopic (exact) mass is 371 g/mol. The van der Waals surface area contributed by atoms with Crippen LogP contribution in [0.4, 0.5) is 17.1 Å². The lowest BCUT2D eigenvalue weighted by Crippen LogP contribution is -2.39. The number of carbonyl (C=O) groups excluding carboxylic acids is 2. The molecule has 26 heavy (non-hydrogen) atoms. The Balaban J connectivity index is 1.65. The highest BCUT2D eigenvalue weighted by atomic mass is 35.5. The van der Waals surface area contributed by atoms with Gasteiger partial charge in [-0.1, -0.05) is 16.8 Å². The molecule has 0 unspecified atom stereocenters. The number of nitrogens with zero attached hydrogens (tertiary/aromatic N) is 5. The van der Waals surface area contributed by atoms with Crippen LogP contribution >= 0.6 is 11.6 Å². The number of rotatable bonds is 3. The largest absolute Gasteiger partial charge is 0.271 e. The molecular weight excluding hydrogens is 362 g/mol. The number of hydrogen-bond acceptors (Lipinski definition) is 7. The fourth-order valence-corrected chi connectivity index (χ4v) is 3.07. The Morgan fingerprint density at radius 2 is 1.58 bits per heavy atom. The van der Waals surface area contributed by atoms with Gasteiger partial charge in [-0.3, -0.25) is 19.7 Å². The molecule has 0 bridgehead atoms. The number of imide groups is 1. The fraction of sp³-hybridized carbons (Fsp3) is 0.125. The Hall–Kier alpha value is -3.33. The second-order valence-electron chi connectivity index (χ2n) is 5.70. The molecular formula is C16H10ClN5O4. The van der Waals surface area contributed by atoms with Crippen LogP contribution in [-0.4, -0.2) is 28.8 Å². The molecule has 10 heteroatoms. The van der Waals surface area contributed by atoms with Gasteiger partial charge in [0.1, 0.15) is 0 Å². The number of fused-ring (bicyclic) bond motifs is 1. The predicted molar refractivity (Wildman–Crippen MR) is 92.0 cm³/mol. The molecule has 4 rings (SSSR count). The highest BCUT2D eigenvalue weighted by Gasteiger charge is 2.55. The summed E-state index contributed by atoms with van der Waals surface area (Å²) in [5.41, 5.74) is 0.752. The van der Waals surface area contributed by atoms with Crippen LogP contribution in [0, 0.1) is 10.1 Å². The number of amides is 2. The number of nitro benzene ring substituents is 1. The summed E-state index contributed by atoms with van der Waals surface area (Å²) in [6.45, 7) is 0. The minimum Gasteiger partial charge on any atom is -0.271 e. The molecule has 9 nitrogen and oxygen atoms in total. The number of carbonyl (C=O) groups is 2. The van der Waals surface area contributed by atoms with Crippen molar-refractivity contribution in [3.05, 3.63) is 63.7 Å². The van der Waals surface area contributed by atoms with Crippen molar-refractivity contribution in [2.75, 3.05) is 9.91 Å². The molecule has 0 radical (unpaired) electrons. The SMILES string of the molecule is O=C1[C@H]2N=NN(c3ccc([N+](=O)[O-])cc3)[C@H]2C(=O)N1c1ccc(Cl)cc1. The van der Waals surface area contributed by atoms with Gasteiger partial charge in [0.15, 0.2) is 12.1 Å². The van der Waals surface area contributed by atoms with E-state index in [4.69, 9.17) is 11.6 Å². The van der Waals surface area contributed by atoms with Gasteiger partial charge in [0.05, 0.1) is 16.3 Å². The first-order valence-electron chi connectivity index (χ1n) is 7.55. The van der Waals surface area contributed by atoms with E-state index >= 15 is 0 Å². The number of hydrogen-bond donors (Lipinski definition) is 0. The smallest absolute Gasteiger partial charge is 0.269 e. The second-order valence-corrected chi connectivity index (χ2v) is 6.14. The summed E-state index contributed by atoms with van der Waals surface area (Å²) < 4.78 is 0. The molecule has 1 fully saturated rings. The van der Waals surface area contributed by atoms with Crippen molar-refractivity contribution in [1.29, 1.82) is 0 Å². The lowest BCUT2D eigenvalue weighted by molar-refractivity contribution is -0.384. The van der Waals surface area contributed by atoms with E-state index in [0.717, 1.165) is 4.90 Å². The van der Waals surface area contributed by atoms with Crippen LogP contribution in [0.25, 0.3) is 0 Å². The van der Waals surface area contributed by atoms with Crippen molar-refractivity contribution in [3.8, 4) is 0 Å². The molecule has 0 spiro atoms. The molecule has 0 N–H and O–H groups in total. The van der Waals surface area contributed by atoms with E-state index in [1.807, 2.05) is 0 Å². The summed E-state index contributed by atoms with van der Waals surface area (Å²) in [7, 11) is 0. The number of nitro groups is 1. The maximum absolute atomic E-state index is 12.8. The van der Waals surface area contributed by atoms with Crippen LogP contribution in [0.3, 0.4) is 0 Å². The van der Waals surface area contributed by atoms with E-state index in [0.29, 0.717) is 16.4 Å². The van der Waals surface area contributed by atoms with E-state index in [9.17, 15) is 19.7 Å². The average molecular weight is 372 g/mol. The zero-order chi connectivity index (χ0) is 18.4. The van der Waals surface area contributed by atoms with Gasteiger partial charge >= 0.3 is 0 Å². The standard InChI is InChI=1S/C16H10ClN5O4/c17-9-1-3-10(4-2-9)20-15(23)13-14(16(20)24)21(19-18-13)11-5-7-12(8-6-11)22(25)26/h1-8,13-14H/t13-,14+/m0/s1. The average Bonchev–Trinajstić information content (AvgIpc) is 3.17. The summed E-state index contributed by atoms with van der Waals surface area (Å²) in [5.74, 6) is -0.943. The summed E-state index contributed by atoms with van der Waals surface area (Å²) in [6, 6.07) is 9.98.